The quantitative estimate of drug-likeness (QED) is 0.523. The van der Waals surface area contributed by atoms with Crippen LogP contribution >= 0.6 is 0 Å². The zero-order chi connectivity index (χ0) is 23.2. The molecule has 1 unspecified atom stereocenters. The first-order valence-corrected chi connectivity index (χ1v) is 10.6. The number of aromatic carboxylic acids is 1. The van der Waals surface area contributed by atoms with Crippen molar-refractivity contribution >= 4 is 17.6 Å². The van der Waals surface area contributed by atoms with E-state index in [9.17, 15) is 9.59 Å². The van der Waals surface area contributed by atoms with Crippen LogP contribution in [0.25, 0.3) is 0 Å². The van der Waals surface area contributed by atoms with Gasteiger partial charge < -0.3 is 24.2 Å². The molecule has 33 heavy (non-hydrogen) atoms. The van der Waals surface area contributed by atoms with Crippen molar-refractivity contribution in [1.82, 2.24) is 0 Å². The molecule has 0 saturated carbocycles. The standard InChI is InChI=1S/C26H25NO6/c1-31-22-8-2-18(3-9-22)16-32-24-12-6-21(7-13-24)27-15-19(14-25(27)28)17-33-23-10-4-20(5-11-23)26(29)30/h2-13,19H,14-17H2,1H3,(H,29,30). The molecule has 1 aliphatic rings. The lowest BCUT2D eigenvalue weighted by molar-refractivity contribution is -0.117. The molecule has 0 bridgehead atoms. The molecule has 7 nitrogen and oxygen atoms in total. The van der Waals surface area contributed by atoms with Crippen LogP contribution in [-0.2, 0) is 11.4 Å². The Bertz CT molecular complexity index is 1090. The maximum absolute atomic E-state index is 12.5. The molecule has 3 aromatic rings. The molecule has 7 heteroatoms. The monoisotopic (exact) mass is 447 g/mol. The summed E-state index contributed by atoms with van der Waals surface area (Å²) >= 11 is 0. The number of hydrogen-bond acceptors (Lipinski definition) is 5. The molecule has 3 aromatic carbocycles. The predicted molar refractivity (Wildman–Crippen MR) is 123 cm³/mol. The van der Waals surface area contributed by atoms with E-state index >= 15 is 0 Å². The van der Waals surface area contributed by atoms with E-state index in [1.54, 1.807) is 24.1 Å². The van der Waals surface area contributed by atoms with Gasteiger partial charge in [0.05, 0.1) is 19.3 Å². The van der Waals surface area contributed by atoms with Gasteiger partial charge in [-0.1, -0.05) is 12.1 Å². The van der Waals surface area contributed by atoms with Crippen LogP contribution in [0.15, 0.2) is 72.8 Å². The number of rotatable bonds is 9. The van der Waals surface area contributed by atoms with E-state index in [1.165, 1.54) is 12.1 Å². The van der Waals surface area contributed by atoms with Crippen molar-refractivity contribution in [3.63, 3.8) is 0 Å². The fraction of sp³-hybridized carbons (Fsp3) is 0.231. The molecular weight excluding hydrogens is 422 g/mol. The molecule has 170 valence electrons. The Kier molecular flexibility index (Phi) is 6.78. The number of anilines is 1. The Labute approximate surface area is 192 Å². The van der Waals surface area contributed by atoms with E-state index in [-0.39, 0.29) is 17.4 Å². The minimum absolute atomic E-state index is 0.0525. The predicted octanol–water partition coefficient (Wildman–Crippen LogP) is 4.40. The van der Waals surface area contributed by atoms with Crippen LogP contribution in [0.3, 0.4) is 0 Å². The molecule has 1 saturated heterocycles. The Morgan fingerprint density at radius 2 is 1.52 bits per heavy atom. The lowest BCUT2D eigenvalue weighted by Gasteiger charge is -2.17. The second kappa shape index (κ2) is 10.1. The minimum Gasteiger partial charge on any atom is -0.497 e. The lowest BCUT2D eigenvalue weighted by Crippen LogP contribution is -2.25. The minimum atomic E-state index is -0.976. The van der Waals surface area contributed by atoms with Crippen LogP contribution < -0.4 is 19.1 Å². The topological polar surface area (TPSA) is 85.3 Å². The molecule has 1 atom stereocenters. The normalized spacial score (nSPS) is 15.4. The summed E-state index contributed by atoms with van der Waals surface area (Å²) in [5.74, 6) is 1.25. The van der Waals surface area contributed by atoms with E-state index in [0.717, 1.165) is 22.7 Å². The summed E-state index contributed by atoms with van der Waals surface area (Å²) in [6.45, 7) is 1.40. The highest BCUT2D eigenvalue weighted by atomic mass is 16.5. The Hall–Kier alpha value is -4.00. The van der Waals surface area contributed by atoms with Gasteiger partial charge in [0, 0.05) is 24.6 Å². The fourth-order valence-electron chi connectivity index (χ4n) is 3.66. The fourth-order valence-corrected chi connectivity index (χ4v) is 3.66. The van der Waals surface area contributed by atoms with Crippen LogP contribution in [0.2, 0.25) is 0 Å². The van der Waals surface area contributed by atoms with E-state index in [1.807, 2.05) is 48.5 Å². The molecule has 0 spiro atoms. The van der Waals surface area contributed by atoms with Gasteiger partial charge in [-0.15, -0.1) is 0 Å². The Morgan fingerprint density at radius 3 is 2.15 bits per heavy atom. The average Bonchev–Trinajstić information content (AvgIpc) is 3.22. The molecule has 0 aliphatic carbocycles. The smallest absolute Gasteiger partial charge is 0.335 e. The molecule has 1 N–H and O–H groups in total. The number of carboxylic acids is 1. The summed E-state index contributed by atoms with van der Waals surface area (Å²) in [4.78, 5) is 25.2. The summed E-state index contributed by atoms with van der Waals surface area (Å²) in [5, 5.41) is 8.97. The van der Waals surface area contributed by atoms with Gasteiger partial charge in [-0.2, -0.15) is 0 Å². The second-order valence-corrected chi connectivity index (χ2v) is 7.85. The third kappa shape index (κ3) is 5.63. The molecule has 1 amide bonds. The first-order valence-electron chi connectivity index (χ1n) is 10.6. The molecule has 1 fully saturated rings. The lowest BCUT2D eigenvalue weighted by atomic mass is 10.1. The second-order valence-electron chi connectivity index (χ2n) is 7.85. The largest absolute Gasteiger partial charge is 0.497 e. The van der Waals surface area contributed by atoms with Crippen molar-refractivity contribution in [3.05, 3.63) is 83.9 Å². The van der Waals surface area contributed by atoms with Crippen LogP contribution in [-0.4, -0.2) is 37.2 Å². The number of hydrogen-bond donors (Lipinski definition) is 1. The Morgan fingerprint density at radius 1 is 0.909 bits per heavy atom. The van der Waals surface area contributed by atoms with E-state index in [4.69, 9.17) is 19.3 Å². The number of nitrogens with zero attached hydrogens (tertiary/aromatic N) is 1. The van der Waals surface area contributed by atoms with Gasteiger partial charge in [0.15, 0.2) is 0 Å². The molecule has 1 aliphatic heterocycles. The van der Waals surface area contributed by atoms with Crippen molar-refractivity contribution in [1.29, 1.82) is 0 Å². The summed E-state index contributed by atoms with van der Waals surface area (Å²) in [6.07, 6.45) is 0.406. The number of carbonyl (C=O) groups is 2. The molecule has 4 rings (SSSR count). The number of ether oxygens (including phenoxy) is 3. The molecule has 0 aromatic heterocycles. The van der Waals surface area contributed by atoms with Crippen LogP contribution in [0, 0.1) is 5.92 Å². The number of carboxylic acid groups (broad SMARTS) is 1. The van der Waals surface area contributed by atoms with Crippen LogP contribution in [0.1, 0.15) is 22.3 Å². The summed E-state index contributed by atoms with van der Waals surface area (Å²) < 4.78 is 16.8. The van der Waals surface area contributed by atoms with Crippen LogP contribution in [0.4, 0.5) is 5.69 Å². The van der Waals surface area contributed by atoms with Gasteiger partial charge in [-0.25, -0.2) is 4.79 Å². The third-order valence-corrected chi connectivity index (χ3v) is 5.51. The van der Waals surface area contributed by atoms with E-state index in [2.05, 4.69) is 0 Å². The number of benzene rings is 3. The zero-order valence-corrected chi connectivity index (χ0v) is 18.3. The first kappa shape index (κ1) is 22.2. The first-order chi connectivity index (χ1) is 16.0. The highest BCUT2D eigenvalue weighted by molar-refractivity contribution is 5.95. The summed E-state index contributed by atoms with van der Waals surface area (Å²) in [7, 11) is 1.63. The SMILES string of the molecule is COc1ccc(COc2ccc(N3CC(COc4ccc(C(=O)O)cc4)CC3=O)cc2)cc1. The zero-order valence-electron chi connectivity index (χ0n) is 18.3. The third-order valence-electron chi connectivity index (χ3n) is 5.51. The van der Waals surface area contributed by atoms with Gasteiger partial charge in [-0.3, -0.25) is 4.79 Å². The van der Waals surface area contributed by atoms with Gasteiger partial charge in [-0.05, 0) is 66.2 Å². The van der Waals surface area contributed by atoms with Crippen molar-refractivity contribution in [2.24, 2.45) is 5.92 Å². The van der Waals surface area contributed by atoms with Crippen molar-refractivity contribution < 1.29 is 28.9 Å². The molecular formula is C26H25NO6. The average molecular weight is 447 g/mol. The van der Waals surface area contributed by atoms with Gasteiger partial charge in [0.2, 0.25) is 5.91 Å². The maximum Gasteiger partial charge on any atom is 0.335 e. The summed E-state index contributed by atoms with van der Waals surface area (Å²) in [5.41, 5.74) is 2.07. The molecule has 0 radical (unpaired) electrons. The Balaban J connectivity index is 1.28. The molecule has 1 heterocycles. The van der Waals surface area contributed by atoms with Gasteiger partial charge >= 0.3 is 5.97 Å². The summed E-state index contributed by atoms with van der Waals surface area (Å²) in [6, 6.07) is 21.5. The van der Waals surface area contributed by atoms with E-state index in [0.29, 0.717) is 31.9 Å². The van der Waals surface area contributed by atoms with Crippen molar-refractivity contribution in [2.45, 2.75) is 13.0 Å². The highest BCUT2D eigenvalue weighted by Crippen LogP contribution is 2.28. The number of methoxy groups -OCH3 is 1. The number of amides is 1. The van der Waals surface area contributed by atoms with Crippen molar-refractivity contribution in [3.8, 4) is 17.2 Å². The van der Waals surface area contributed by atoms with Gasteiger partial charge in [0.1, 0.15) is 23.9 Å². The van der Waals surface area contributed by atoms with Crippen molar-refractivity contribution in [2.75, 3.05) is 25.2 Å². The van der Waals surface area contributed by atoms with Gasteiger partial charge in [0.25, 0.3) is 0 Å². The van der Waals surface area contributed by atoms with Crippen LogP contribution in [0.5, 0.6) is 17.2 Å². The number of carbonyl (C=O) groups excluding carboxylic acids is 1. The maximum atomic E-state index is 12.5. The highest BCUT2D eigenvalue weighted by Gasteiger charge is 2.31. The van der Waals surface area contributed by atoms with E-state index < -0.39 is 5.97 Å².